The van der Waals surface area contributed by atoms with Crippen LogP contribution in [0.5, 0.6) is 0 Å². The van der Waals surface area contributed by atoms with Gasteiger partial charge in [0.15, 0.2) is 0 Å². The summed E-state index contributed by atoms with van der Waals surface area (Å²) in [5.74, 6) is -0.357. The van der Waals surface area contributed by atoms with E-state index in [1.54, 1.807) is 31.2 Å². The first kappa shape index (κ1) is 18.0. The molecule has 1 saturated heterocycles. The molecular formula is C21H24N2O3. The number of carbonyl (C=O) groups is 2. The summed E-state index contributed by atoms with van der Waals surface area (Å²) in [6.07, 6.45) is 1.96. The number of carbonyl (C=O) groups excluding carboxylic acids is 2. The molecule has 1 aliphatic heterocycles. The summed E-state index contributed by atoms with van der Waals surface area (Å²) in [4.78, 5) is 26.3. The van der Waals surface area contributed by atoms with Crippen molar-refractivity contribution in [2.24, 2.45) is 0 Å². The smallest absolute Gasteiger partial charge is 0.338 e. The molecule has 5 nitrogen and oxygen atoms in total. The summed E-state index contributed by atoms with van der Waals surface area (Å²) in [5, 5.41) is 2.93. The third-order valence-electron chi connectivity index (χ3n) is 4.62. The van der Waals surface area contributed by atoms with Gasteiger partial charge in [0.1, 0.15) is 0 Å². The number of hydrogen-bond acceptors (Lipinski definition) is 3. The van der Waals surface area contributed by atoms with Crippen LogP contribution >= 0.6 is 0 Å². The van der Waals surface area contributed by atoms with Crippen molar-refractivity contribution in [3.05, 3.63) is 65.2 Å². The Morgan fingerprint density at radius 1 is 1.12 bits per heavy atom. The lowest BCUT2D eigenvalue weighted by Crippen LogP contribution is -2.34. The number of nitrogens with zero attached hydrogens (tertiary/aromatic N) is 1. The normalized spacial score (nSPS) is 16.4. The number of urea groups is 1. The largest absolute Gasteiger partial charge is 0.462 e. The second-order valence-electron chi connectivity index (χ2n) is 6.49. The highest BCUT2D eigenvalue weighted by Crippen LogP contribution is 2.32. The number of hydrogen-bond donors (Lipinski definition) is 1. The molecule has 0 spiro atoms. The molecule has 0 aliphatic carbocycles. The molecule has 2 amide bonds. The van der Waals surface area contributed by atoms with Crippen LogP contribution < -0.4 is 5.32 Å². The van der Waals surface area contributed by atoms with Gasteiger partial charge in [-0.3, -0.25) is 0 Å². The van der Waals surface area contributed by atoms with Crippen LogP contribution in [-0.4, -0.2) is 30.1 Å². The number of nitrogens with one attached hydrogen (secondary N) is 1. The lowest BCUT2D eigenvalue weighted by Gasteiger charge is -2.25. The van der Waals surface area contributed by atoms with Crippen LogP contribution in [0.25, 0.3) is 0 Å². The molecule has 1 fully saturated rings. The quantitative estimate of drug-likeness (QED) is 0.822. The molecule has 136 valence electrons. The fourth-order valence-corrected chi connectivity index (χ4v) is 3.24. The number of esters is 1. The SMILES string of the molecule is CCOC(=O)c1ccc(NC(=O)N2CCC[C@@H]2c2ccc(C)cc2)cc1. The number of rotatable bonds is 4. The van der Waals surface area contributed by atoms with E-state index < -0.39 is 0 Å². The fourth-order valence-electron chi connectivity index (χ4n) is 3.24. The van der Waals surface area contributed by atoms with Gasteiger partial charge in [0, 0.05) is 12.2 Å². The van der Waals surface area contributed by atoms with E-state index in [0.717, 1.165) is 19.4 Å². The minimum absolute atomic E-state index is 0.106. The zero-order valence-electron chi connectivity index (χ0n) is 15.2. The van der Waals surface area contributed by atoms with E-state index in [2.05, 4.69) is 36.5 Å². The van der Waals surface area contributed by atoms with Crippen LogP contribution in [0.2, 0.25) is 0 Å². The van der Waals surface area contributed by atoms with Crippen LogP contribution in [0.4, 0.5) is 10.5 Å². The van der Waals surface area contributed by atoms with Crippen molar-refractivity contribution in [3.63, 3.8) is 0 Å². The first-order valence-electron chi connectivity index (χ1n) is 9.00. The van der Waals surface area contributed by atoms with Crippen molar-refractivity contribution >= 4 is 17.7 Å². The van der Waals surface area contributed by atoms with Gasteiger partial charge in [-0.1, -0.05) is 29.8 Å². The van der Waals surface area contributed by atoms with Gasteiger partial charge in [-0.2, -0.15) is 0 Å². The molecule has 1 aliphatic rings. The molecule has 1 atom stereocenters. The van der Waals surface area contributed by atoms with Gasteiger partial charge in [-0.15, -0.1) is 0 Å². The molecule has 3 rings (SSSR count). The van der Waals surface area contributed by atoms with Crippen molar-refractivity contribution < 1.29 is 14.3 Å². The number of aryl methyl sites for hydroxylation is 1. The molecular weight excluding hydrogens is 328 g/mol. The summed E-state index contributed by atoms with van der Waals surface area (Å²) in [6, 6.07) is 15.1. The lowest BCUT2D eigenvalue weighted by atomic mass is 10.0. The van der Waals surface area contributed by atoms with Gasteiger partial charge < -0.3 is 15.0 Å². The standard InChI is InChI=1S/C21H24N2O3/c1-3-26-20(24)17-10-12-18(13-11-17)22-21(25)23-14-4-5-19(23)16-8-6-15(2)7-9-16/h6-13,19H,3-5,14H2,1-2H3,(H,22,25)/t19-/m1/s1. The molecule has 0 bridgehead atoms. The molecule has 0 aromatic heterocycles. The van der Waals surface area contributed by atoms with E-state index >= 15 is 0 Å². The van der Waals surface area contributed by atoms with E-state index in [1.807, 2.05) is 4.90 Å². The Morgan fingerprint density at radius 3 is 2.46 bits per heavy atom. The molecule has 0 radical (unpaired) electrons. The molecule has 0 unspecified atom stereocenters. The van der Waals surface area contributed by atoms with E-state index in [9.17, 15) is 9.59 Å². The highest BCUT2D eigenvalue weighted by Gasteiger charge is 2.29. The second-order valence-corrected chi connectivity index (χ2v) is 6.49. The molecule has 5 heteroatoms. The van der Waals surface area contributed by atoms with Crippen molar-refractivity contribution in [1.82, 2.24) is 4.90 Å². The Bertz CT molecular complexity index is 769. The lowest BCUT2D eigenvalue weighted by molar-refractivity contribution is 0.0526. The van der Waals surface area contributed by atoms with E-state index in [-0.39, 0.29) is 18.0 Å². The molecule has 2 aromatic rings. The van der Waals surface area contributed by atoms with Gasteiger partial charge >= 0.3 is 12.0 Å². The Kier molecular flexibility index (Phi) is 5.56. The number of amides is 2. The van der Waals surface area contributed by atoms with Gasteiger partial charge in [0.25, 0.3) is 0 Å². The van der Waals surface area contributed by atoms with Crippen LogP contribution in [0, 0.1) is 6.92 Å². The van der Waals surface area contributed by atoms with Gasteiger partial charge in [0.2, 0.25) is 0 Å². The summed E-state index contributed by atoms with van der Waals surface area (Å²) in [5.41, 5.74) is 3.52. The number of likely N-dealkylation sites (tertiary alicyclic amines) is 1. The summed E-state index contributed by atoms with van der Waals surface area (Å²) >= 11 is 0. The number of anilines is 1. The zero-order chi connectivity index (χ0) is 18.5. The van der Waals surface area contributed by atoms with Crippen molar-refractivity contribution in [2.75, 3.05) is 18.5 Å². The summed E-state index contributed by atoms with van der Waals surface area (Å²) < 4.78 is 4.97. The minimum atomic E-state index is -0.357. The zero-order valence-corrected chi connectivity index (χ0v) is 15.2. The van der Waals surface area contributed by atoms with Crippen LogP contribution in [0.3, 0.4) is 0 Å². The average Bonchev–Trinajstić information content (AvgIpc) is 3.13. The number of ether oxygens (including phenoxy) is 1. The highest BCUT2D eigenvalue weighted by atomic mass is 16.5. The predicted octanol–water partition coefficient (Wildman–Crippen LogP) is 4.54. The molecule has 0 saturated carbocycles. The first-order valence-corrected chi connectivity index (χ1v) is 9.00. The van der Waals surface area contributed by atoms with Crippen LogP contribution in [-0.2, 0) is 4.74 Å². The summed E-state index contributed by atoms with van der Waals surface area (Å²) in [6.45, 7) is 4.91. The molecule has 1 N–H and O–H groups in total. The molecule has 26 heavy (non-hydrogen) atoms. The van der Waals surface area contributed by atoms with Gasteiger partial charge in [0.05, 0.1) is 18.2 Å². The molecule has 1 heterocycles. The van der Waals surface area contributed by atoms with Gasteiger partial charge in [-0.05, 0) is 56.5 Å². The Hall–Kier alpha value is -2.82. The van der Waals surface area contributed by atoms with Crippen LogP contribution in [0.1, 0.15) is 47.3 Å². The average molecular weight is 352 g/mol. The van der Waals surface area contributed by atoms with Crippen molar-refractivity contribution in [3.8, 4) is 0 Å². The Morgan fingerprint density at radius 2 is 1.81 bits per heavy atom. The Balaban J connectivity index is 1.67. The maximum Gasteiger partial charge on any atom is 0.338 e. The second kappa shape index (κ2) is 8.04. The number of benzene rings is 2. The van der Waals surface area contributed by atoms with E-state index in [0.29, 0.717) is 17.9 Å². The van der Waals surface area contributed by atoms with Crippen LogP contribution in [0.15, 0.2) is 48.5 Å². The third-order valence-corrected chi connectivity index (χ3v) is 4.62. The highest BCUT2D eigenvalue weighted by molar-refractivity contribution is 5.92. The minimum Gasteiger partial charge on any atom is -0.462 e. The van der Waals surface area contributed by atoms with Crippen molar-refractivity contribution in [1.29, 1.82) is 0 Å². The monoisotopic (exact) mass is 352 g/mol. The first-order chi connectivity index (χ1) is 12.6. The third kappa shape index (κ3) is 4.04. The predicted molar refractivity (Wildman–Crippen MR) is 101 cm³/mol. The Labute approximate surface area is 154 Å². The van der Waals surface area contributed by atoms with E-state index in [4.69, 9.17) is 4.74 Å². The molecule has 2 aromatic carbocycles. The maximum absolute atomic E-state index is 12.7. The fraction of sp³-hybridized carbons (Fsp3) is 0.333. The topological polar surface area (TPSA) is 58.6 Å². The van der Waals surface area contributed by atoms with E-state index in [1.165, 1.54) is 11.1 Å². The maximum atomic E-state index is 12.7. The van der Waals surface area contributed by atoms with Crippen molar-refractivity contribution in [2.45, 2.75) is 32.7 Å². The summed E-state index contributed by atoms with van der Waals surface area (Å²) in [7, 11) is 0. The van der Waals surface area contributed by atoms with Gasteiger partial charge in [-0.25, -0.2) is 9.59 Å².